The second kappa shape index (κ2) is 9.81. The fourth-order valence-corrected chi connectivity index (χ4v) is 5.49. The Kier molecular flexibility index (Phi) is 7.45. The van der Waals surface area contributed by atoms with Crippen LogP contribution < -0.4 is 10.4 Å². The molecular formula is C21H31N2O3P. The van der Waals surface area contributed by atoms with Crippen molar-refractivity contribution in [1.82, 2.24) is 10.4 Å². The molecule has 1 aliphatic carbocycles. The van der Waals surface area contributed by atoms with Crippen molar-refractivity contribution in [2.45, 2.75) is 58.2 Å². The minimum absolute atomic E-state index is 0.0812. The second-order valence-corrected chi connectivity index (χ2v) is 8.75. The number of nitrogens with one attached hydrogen (secondary N) is 2. The number of hydrogen-bond acceptors (Lipinski definition) is 4. The summed E-state index contributed by atoms with van der Waals surface area (Å²) in [6.45, 7) is 5.20. The van der Waals surface area contributed by atoms with E-state index in [-0.39, 0.29) is 12.1 Å². The lowest BCUT2D eigenvalue weighted by Gasteiger charge is -2.35. The van der Waals surface area contributed by atoms with E-state index < -0.39 is 7.75 Å². The lowest BCUT2D eigenvalue weighted by Crippen LogP contribution is -2.48. The van der Waals surface area contributed by atoms with Crippen LogP contribution in [-0.4, -0.2) is 25.3 Å². The molecule has 0 heterocycles. The van der Waals surface area contributed by atoms with Crippen LogP contribution >= 0.6 is 7.75 Å². The van der Waals surface area contributed by atoms with Crippen molar-refractivity contribution in [3.8, 4) is 0 Å². The van der Waals surface area contributed by atoms with Crippen molar-refractivity contribution in [3.05, 3.63) is 48.0 Å². The van der Waals surface area contributed by atoms with Gasteiger partial charge in [0.15, 0.2) is 0 Å². The summed E-state index contributed by atoms with van der Waals surface area (Å²) in [5.41, 5.74) is 1.29. The van der Waals surface area contributed by atoms with E-state index in [1.165, 1.54) is 22.8 Å². The zero-order valence-corrected chi connectivity index (χ0v) is 17.2. The van der Waals surface area contributed by atoms with Crippen LogP contribution in [0.2, 0.25) is 0 Å². The molecule has 0 amide bonds. The van der Waals surface area contributed by atoms with Crippen LogP contribution in [0.4, 0.5) is 0 Å². The fraction of sp³-hybridized carbons (Fsp3) is 0.524. The molecule has 5 nitrogen and oxygen atoms in total. The summed E-state index contributed by atoms with van der Waals surface area (Å²) in [5.74, 6) is 0. The van der Waals surface area contributed by atoms with Gasteiger partial charge in [-0.1, -0.05) is 55.3 Å². The first-order valence-electron chi connectivity index (χ1n) is 10.0. The fourth-order valence-electron chi connectivity index (χ4n) is 3.87. The lowest BCUT2D eigenvalue weighted by atomic mass is 9.90. The number of rotatable bonds is 9. The highest BCUT2D eigenvalue weighted by Gasteiger charge is 2.33. The largest absolute Gasteiger partial charge is 0.405 e. The summed E-state index contributed by atoms with van der Waals surface area (Å²) in [6.07, 6.45) is 4.33. The molecule has 2 aromatic carbocycles. The van der Waals surface area contributed by atoms with Gasteiger partial charge in [-0.3, -0.25) is 9.05 Å². The van der Waals surface area contributed by atoms with Gasteiger partial charge in [0.05, 0.1) is 13.2 Å². The molecule has 1 fully saturated rings. The second-order valence-electron chi connectivity index (χ2n) is 6.98. The van der Waals surface area contributed by atoms with E-state index in [9.17, 15) is 4.57 Å². The van der Waals surface area contributed by atoms with E-state index in [4.69, 9.17) is 9.05 Å². The minimum atomic E-state index is -3.25. The SMILES string of the molecule is CCOP(=O)(N[C@H]1CCCC[C@@H]1NCc1cccc2ccccc12)OCC. The molecule has 2 aromatic rings. The van der Waals surface area contributed by atoms with Gasteiger partial charge in [-0.15, -0.1) is 0 Å². The summed E-state index contributed by atoms with van der Waals surface area (Å²) in [4.78, 5) is 0. The van der Waals surface area contributed by atoms with E-state index in [0.29, 0.717) is 13.2 Å². The predicted octanol–water partition coefficient (Wildman–Crippen LogP) is 5.01. The molecule has 1 saturated carbocycles. The normalized spacial score (nSPS) is 20.8. The smallest absolute Gasteiger partial charge is 0.308 e. The maximum Gasteiger partial charge on any atom is 0.405 e. The Morgan fingerprint density at radius 1 is 0.963 bits per heavy atom. The zero-order valence-electron chi connectivity index (χ0n) is 16.3. The van der Waals surface area contributed by atoms with Gasteiger partial charge < -0.3 is 5.32 Å². The molecule has 148 valence electrons. The Bertz CT molecular complexity index is 768. The third-order valence-corrected chi connectivity index (χ3v) is 6.97. The standard InChI is InChI=1S/C21H31N2O3P/c1-3-25-27(24,26-4-2)23-21-15-8-7-14-20(21)22-16-18-12-9-11-17-10-5-6-13-19(17)18/h5-6,9-13,20-22H,3-4,7-8,14-16H2,1-2H3,(H,23,24)/t20-,21-/m0/s1. The molecule has 1 aliphatic rings. The molecule has 0 radical (unpaired) electrons. The Morgan fingerprint density at radius 2 is 1.63 bits per heavy atom. The van der Waals surface area contributed by atoms with Crippen LogP contribution in [0.3, 0.4) is 0 Å². The van der Waals surface area contributed by atoms with E-state index in [1.54, 1.807) is 0 Å². The number of hydrogen-bond donors (Lipinski definition) is 2. The van der Waals surface area contributed by atoms with Crippen LogP contribution in [0.25, 0.3) is 10.8 Å². The molecule has 0 aliphatic heterocycles. The van der Waals surface area contributed by atoms with Crippen molar-refractivity contribution in [2.75, 3.05) is 13.2 Å². The van der Waals surface area contributed by atoms with Crippen LogP contribution in [0.5, 0.6) is 0 Å². The van der Waals surface area contributed by atoms with Crippen LogP contribution in [0.15, 0.2) is 42.5 Å². The molecule has 0 saturated heterocycles. The quantitative estimate of drug-likeness (QED) is 0.589. The van der Waals surface area contributed by atoms with Crippen LogP contribution in [0.1, 0.15) is 45.1 Å². The molecule has 2 atom stereocenters. The highest BCUT2D eigenvalue weighted by atomic mass is 31.2. The van der Waals surface area contributed by atoms with Crippen molar-refractivity contribution in [1.29, 1.82) is 0 Å². The van der Waals surface area contributed by atoms with E-state index in [1.807, 2.05) is 13.8 Å². The maximum absolute atomic E-state index is 12.9. The van der Waals surface area contributed by atoms with Gasteiger partial charge in [-0.25, -0.2) is 9.65 Å². The molecule has 3 rings (SSSR count). The first-order valence-corrected chi connectivity index (χ1v) is 11.6. The lowest BCUT2D eigenvalue weighted by molar-refractivity contribution is 0.195. The van der Waals surface area contributed by atoms with Crippen molar-refractivity contribution >= 4 is 18.5 Å². The summed E-state index contributed by atoms with van der Waals surface area (Å²) in [6, 6.07) is 15.2. The summed E-state index contributed by atoms with van der Waals surface area (Å²) in [7, 11) is -3.25. The van der Waals surface area contributed by atoms with Gasteiger partial charge >= 0.3 is 7.75 Å². The Morgan fingerprint density at radius 3 is 2.37 bits per heavy atom. The summed E-state index contributed by atoms with van der Waals surface area (Å²) < 4.78 is 23.8. The molecule has 27 heavy (non-hydrogen) atoms. The zero-order chi connectivity index (χ0) is 19.1. The van der Waals surface area contributed by atoms with Crippen LogP contribution in [0, 0.1) is 0 Å². The predicted molar refractivity (Wildman–Crippen MR) is 111 cm³/mol. The first kappa shape index (κ1) is 20.5. The van der Waals surface area contributed by atoms with Crippen molar-refractivity contribution in [2.24, 2.45) is 0 Å². The van der Waals surface area contributed by atoms with Gasteiger partial charge in [0.25, 0.3) is 0 Å². The summed E-state index contributed by atoms with van der Waals surface area (Å²) in [5, 5.41) is 9.44. The van der Waals surface area contributed by atoms with Gasteiger partial charge in [0, 0.05) is 18.6 Å². The minimum Gasteiger partial charge on any atom is -0.308 e. The molecule has 0 spiro atoms. The Labute approximate surface area is 162 Å². The monoisotopic (exact) mass is 390 g/mol. The molecule has 0 aromatic heterocycles. The van der Waals surface area contributed by atoms with E-state index >= 15 is 0 Å². The van der Waals surface area contributed by atoms with Gasteiger partial charge in [-0.2, -0.15) is 0 Å². The first-order chi connectivity index (χ1) is 13.1. The third kappa shape index (κ3) is 5.40. The van der Waals surface area contributed by atoms with Crippen molar-refractivity contribution in [3.63, 3.8) is 0 Å². The van der Waals surface area contributed by atoms with Crippen LogP contribution in [-0.2, 0) is 20.2 Å². The van der Waals surface area contributed by atoms with Crippen molar-refractivity contribution < 1.29 is 13.6 Å². The van der Waals surface area contributed by atoms with Gasteiger partial charge in [-0.05, 0) is 43.0 Å². The maximum atomic E-state index is 12.9. The molecule has 0 unspecified atom stereocenters. The highest BCUT2D eigenvalue weighted by molar-refractivity contribution is 7.51. The Hall–Kier alpha value is -1.23. The average molecular weight is 390 g/mol. The topological polar surface area (TPSA) is 59.6 Å². The third-order valence-electron chi connectivity index (χ3n) is 5.12. The Balaban J connectivity index is 1.69. The number of fused-ring (bicyclic) bond motifs is 1. The molecule has 0 bridgehead atoms. The van der Waals surface area contributed by atoms with Gasteiger partial charge in [0.1, 0.15) is 0 Å². The van der Waals surface area contributed by atoms with E-state index in [2.05, 4.69) is 52.9 Å². The van der Waals surface area contributed by atoms with Gasteiger partial charge in [0.2, 0.25) is 0 Å². The highest BCUT2D eigenvalue weighted by Crippen LogP contribution is 2.45. The number of benzene rings is 2. The molecule has 2 N–H and O–H groups in total. The molecular weight excluding hydrogens is 359 g/mol. The summed E-state index contributed by atoms with van der Waals surface area (Å²) >= 11 is 0. The average Bonchev–Trinajstić information content (AvgIpc) is 2.67. The molecule has 6 heteroatoms. The van der Waals surface area contributed by atoms with E-state index in [0.717, 1.165) is 25.8 Å².